The molecule has 2 aromatic rings. The number of hydrogen-bond donors (Lipinski definition) is 1. The quantitative estimate of drug-likeness (QED) is 0.943. The second-order valence-electron chi connectivity index (χ2n) is 5.11. The number of anilines is 2. The SMILES string of the molecule is O=C(Nc1cccc(N2CCOCC2)c1)c1ccc(Cl)cc1. The van der Waals surface area contributed by atoms with Gasteiger partial charge in [0.15, 0.2) is 0 Å². The first kappa shape index (κ1) is 14.9. The average molecular weight is 317 g/mol. The van der Waals surface area contributed by atoms with Crippen LogP contribution in [0.4, 0.5) is 11.4 Å². The third-order valence-electron chi connectivity index (χ3n) is 3.59. The molecule has 0 spiro atoms. The highest BCUT2D eigenvalue weighted by atomic mass is 35.5. The molecule has 4 nitrogen and oxygen atoms in total. The van der Waals surface area contributed by atoms with E-state index in [1.54, 1.807) is 24.3 Å². The van der Waals surface area contributed by atoms with Gasteiger partial charge in [0.05, 0.1) is 13.2 Å². The Morgan fingerprint density at radius 3 is 2.55 bits per heavy atom. The topological polar surface area (TPSA) is 41.6 Å². The molecule has 1 saturated heterocycles. The summed E-state index contributed by atoms with van der Waals surface area (Å²) in [4.78, 5) is 14.5. The summed E-state index contributed by atoms with van der Waals surface area (Å²) in [6.45, 7) is 3.21. The number of carbonyl (C=O) groups excluding carboxylic acids is 1. The van der Waals surface area contributed by atoms with Crippen LogP contribution in [0.3, 0.4) is 0 Å². The molecule has 114 valence electrons. The van der Waals surface area contributed by atoms with E-state index in [0.29, 0.717) is 10.6 Å². The number of ether oxygens (including phenoxy) is 1. The summed E-state index contributed by atoms with van der Waals surface area (Å²) in [5, 5.41) is 3.53. The number of morpholine rings is 1. The van der Waals surface area contributed by atoms with Gasteiger partial charge in [0.2, 0.25) is 0 Å². The van der Waals surface area contributed by atoms with E-state index in [2.05, 4.69) is 10.2 Å². The van der Waals surface area contributed by atoms with Gasteiger partial charge in [0.25, 0.3) is 5.91 Å². The van der Waals surface area contributed by atoms with Gasteiger partial charge in [0, 0.05) is 35.1 Å². The molecule has 1 aliphatic rings. The Morgan fingerprint density at radius 2 is 1.82 bits per heavy atom. The Hall–Kier alpha value is -2.04. The zero-order chi connectivity index (χ0) is 15.4. The Morgan fingerprint density at radius 1 is 1.09 bits per heavy atom. The molecule has 0 atom stereocenters. The fourth-order valence-electron chi connectivity index (χ4n) is 2.41. The average Bonchev–Trinajstić information content (AvgIpc) is 2.56. The maximum Gasteiger partial charge on any atom is 0.255 e. The third-order valence-corrected chi connectivity index (χ3v) is 3.84. The molecule has 3 rings (SSSR count). The lowest BCUT2D eigenvalue weighted by Crippen LogP contribution is -2.36. The van der Waals surface area contributed by atoms with Crippen LogP contribution in [0, 0.1) is 0 Å². The van der Waals surface area contributed by atoms with Crippen molar-refractivity contribution in [2.45, 2.75) is 0 Å². The number of nitrogens with one attached hydrogen (secondary N) is 1. The fourth-order valence-corrected chi connectivity index (χ4v) is 2.53. The van der Waals surface area contributed by atoms with E-state index in [1.807, 2.05) is 24.3 Å². The number of amides is 1. The van der Waals surface area contributed by atoms with Crippen molar-refractivity contribution < 1.29 is 9.53 Å². The van der Waals surface area contributed by atoms with E-state index in [9.17, 15) is 4.79 Å². The molecule has 1 fully saturated rings. The van der Waals surface area contributed by atoms with Crippen LogP contribution >= 0.6 is 11.6 Å². The van der Waals surface area contributed by atoms with Crippen molar-refractivity contribution in [2.75, 3.05) is 36.5 Å². The van der Waals surface area contributed by atoms with Gasteiger partial charge < -0.3 is 15.0 Å². The molecule has 1 amide bonds. The Kier molecular flexibility index (Phi) is 4.61. The van der Waals surface area contributed by atoms with Crippen LogP contribution in [0.15, 0.2) is 48.5 Å². The molecule has 0 saturated carbocycles. The first-order valence-electron chi connectivity index (χ1n) is 7.22. The van der Waals surface area contributed by atoms with Crippen molar-refractivity contribution in [3.63, 3.8) is 0 Å². The number of halogens is 1. The minimum absolute atomic E-state index is 0.143. The minimum Gasteiger partial charge on any atom is -0.378 e. The zero-order valence-electron chi connectivity index (χ0n) is 12.1. The van der Waals surface area contributed by atoms with Crippen LogP contribution in [0.2, 0.25) is 5.02 Å². The lowest BCUT2D eigenvalue weighted by molar-refractivity contribution is 0.102. The Balaban J connectivity index is 1.72. The molecule has 1 heterocycles. The predicted molar refractivity (Wildman–Crippen MR) is 88.9 cm³/mol. The van der Waals surface area contributed by atoms with E-state index in [0.717, 1.165) is 37.7 Å². The number of hydrogen-bond acceptors (Lipinski definition) is 3. The van der Waals surface area contributed by atoms with Crippen LogP contribution in [0.5, 0.6) is 0 Å². The van der Waals surface area contributed by atoms with Crippen LogP contribution in [-0.4, -0.2) is 32.2 Å². The summed E-state index contributed by atoms with van der Waals surface area (Å²) < 4.78 is 5.36. The first-order valence-corrected chi connectivity index (χ1v) is 7.60. The van der Waals surface area contributed by atoms with E-state index >= 15 is 0 Å². The van der Waals surface area contributed by atoms with Crippen LogP contribution < -0.4 is 10.2 Å². The van der Waals surface area contributed by atoms with Gasteiger partial charge in [-0.05, 0) is 42.5 Å². The lowest BCUT2D eigenvalue weighted by Gasteiger charge is -2.29. The van der Waals surface area contributed by atoms with Gasteiger partial charge in [-0.1, -0.05) is 17.7 Å². The molecule has 0 radical (unpaired) electrons. The highest BCUT2D eigenvalue weighted by Gasteiger charge is 2.12. The van der Waals surface area contributed by atoms with Crippen molar-refractivity contribution in [1.29, 1.82) is 0 Å². The molecule has 1 N–H and O–H groups in total. The molecule has 0 unspecified atom stereocenters. The number of nitrogens with zero attached hydrogens (tertiary/aromatic N) is 1. The van der Waals surface area contributed by atoms with E-state index in [-0.39, 0.29) is 5.91 Å². The number of rotatable bonds is 3. The van der Waals surface area contributed by atoms with Gasteiger partial charge in [-0.3, -0.25) is 4.79 Å². The van der Waals surface area contributed by atoms with Crippen molar-refractivity contribution in [3.05, 3.63) is 59.1 Å². The van der Waals surface area contributed by atoms with Crippen molar-refractivity contribution in [3.8, 4) is 0 Å². The molecular formula is C17H17ClN2O2. The van der Waals surface area contributed by atoms with Crippen LogP contribution in [0.1, 0.15) is 10.4 Å². The van der Waals surface area contributed by atoms with Gasteiger partial charge in [-0.15, -0.1) is 0 Å². The first-order chi connectivity index (χ1) is 10.7. The Labute approximate surface area is 134 Å². The van der Waals surface area contributed by atoms with Gasteiger partial charge in [0.1, 0.15) is 0 Å². The molecule has 1 aliphatic heterocycles. The van der Waals surface area contributed by atoms with E-state index in [4.69, 9.17) is 16.3 Å². The standard InChI is InChI=1S/C17H17ClN2O2/c18-14-6-4-13(5-7-14)17(21)19-15-2-1-3-16(12-15)20-8-10-22-11-9-20/h1-7,12H,8-11H2,(H,19,21). The van der Waals surface area contributed by atoms with Crippen LogP contribution in [-0.2, 0) is 4.74 Å². The smallest absolute Gasteiger partial charge is 0.255 e. The van der Waals surface area contributed by atoms with E-state index in [1.165, 1.54) is 0 Å². The van der Waals surface area contributed by atoms with Crippen molar-refractivity contribution in [1.82, 2.24) is 0 Å². The molecule has 0 bridgehead atoms. The highest BCUT2D eigenvalue weighted by Crippen LogP contribution is 2.21. The van der Waals surface area contributed by atoms with Crippen LogP contribution in [0.25, 0.3) is 0 Å². The zero-order valence-corrected chi connectivity index (χ0v) is 12.8. The molecule has 22 heavy (non-hydrogen) atoms. The van der Waals surface area contributed by atoms with Gasteiger partial charge in [-0.2, -0.15) is 0 Å². The predicted octanol–water partition coefficient (Wildman–Crippen LogP) is 3.43. The number of benzene rings is 2. The monoisotopic (exact) mass is 316 g/mol. The number of carbonyl (C=O) groups is 1. The summed E-state index contributed by atoms with van der Waals surface area (Å²) >= 11 is 5.84. The maximum absolute atomic E-state index is 12.2. The molecule has 5 heteroatoms. The molecule has 2 aromatic carbocycles. The summed E-state index contributed by atoms with van der Waals surface area (Å²) in [6, 6.07) is 14.7. The minimum atomic E-state index is -0.143. The molecule has 0 aliphatic carbocycles. The lowest BCUT2D eigenvalue weighted by atomic mass is 10.2. The highest BCUT2D eigenvalue weighted by molar-refractivity contribution is 6.30. The summed E-state index contributed by atoms with van der Waals surface area (Å²) in [5.74, 6) is -0.143. The largest absolute Gasteiger partial charge is 0.378 e. The maximum atomic E-state index is 12.2. The third kappa shape index (κ3) is 3.59. The van der Waals surface area contributed by atoms with Crippen molar-refractivity contribution >= 4 is 28.9 Å². The second kappa shape index (κ2) is 6.81. The summed E-state index contributed by atoms with van der Waals surface area (Å²) in [5.41, 5.74) is 2.46. The summed E-state index contributed by atoms with van der Waals surface area (Å²) in [6.07, 6.45) is 0. The van der Waals surface area contributed by atoms with E-state index < -0.39 is 0 Å². The van der Waals surface area contributed by atoms with Gasteiger partial charge in [-0.25, -0.2) is 0 Å². The Bertz CT molecular complexity index is 652. The summed E-state index contributed by atoms with van der Waals surface area (Å²) in [7, 11) is 0. The normalized spacial score (nSPS) is 14.7. The molecular weight excluding hydrogens is 300 g/mol. The van der Waals surface area contributed by atoms with Crippen molar-refractivity contribution in [2.24, 2.45) is 0 Å². The fraction of sp³-hybridized carbons (Fsp3) is 0.235. The molecule has 0 aromatic heterocycles. The second-order valence-corrected chi connectivity index (χ2v) is 5.55. The van der Waals surface area contributed by atoms with Gasteiger partial charge >= 0.3 is 0 Å².